The van der Waals surface area contributed by atoms with E-state index >= 15 is 0 Å². The van der Waals surface area contributed by atoms with Gasteiger partial charge < -0.3 is 5.32 Å². The Hall–Kier alpha value is -0.0400. The molecular weight excluding hydrogens is 242 g/mol. The molecule has 0 radical (unpaired) electrons. The highest BCUT2D eigenvalue weighted by molar-refractivity contribution is 4.63. The van der Waals surface area contributed by atoms with Gasteiger partial charge in [-0.1, -0.05) is 85.5 Å². The van der Waals surface area contributed by atoms with E-state index in [1.54, 1.807) is 0 Å². The summed E-state index contributed by atoms with van der Waals surface area (Å²) in [5.74, 6) is 1.69. The molecule has 0 heterocycles. The lowest BCUT2D eigenvalue weighted by atomic mass is 9.95. The lowest BCUT2D eigenvalue weighted by Crippen LogP contribution is -2.26. The molecule has 0 aliphatic rings. The SMILES string of the molecule is CCCCCCCCCCC(CCC)CNCC(C)C. The van der Waals surface area contributed by atoms with E-state index in [1.807, 2.05) is 0 Å². The van der Waals surface area contributed by atoms with Crippen LogP contribution in [0.2, 0.25) is 0 Å². The van der Waals surface area contributed by atoms with Crippen molar-refractivity contribution in [3.8, 4) is 0 Å². The van der Waals surface area contributed by atoms with Crippen LogP contribution >= 0.6 is 0 Å². The van der Waals surface area contributed by atoms with E-state index in [-0.39, 0.29) is 0 Å². The Morgan fingerprint density at radius 2 is 1.25 bits per heavy atom. The lowest BCUT2D eigenvalue weighted by molar-refractivity contribution is 0.384. The van der Waals surface area contributed by atoms with Gasteiger partial charge in [0.1, 0.15) is 0 Å². The van der Waals surface area contributed by atoms with Crippen LogP contribution in [0.15, 0.2) is 0 Å². The molecule has 0 aromatic carbocycles. The molecule has 122 valence electrons. The second-order valence-electron chi connectivity index (χ2n) is 6.97. The van der Waals surface area contributed by atoms with Crippen molar-refractivity contribution < 1.29 is 0 Å². The molecule has 0 aromatic rings. The minimum atomic E-state index is 0.778. The van der Waals surface area contributed by atoms with Crippen molar-refractivity contribution in [2.24, 2.45) is 11.8 Å². The second kappa shape index (κ2) is 15.4. The van der Waals surface area contributed by atoms with Gasteiger partial charge in [0.25, 0.3) is 0 Å². The van der Waals surface area contributed by atoms with Crippen molar-refractivity contribution in [1.82, 2.24) is 5.32 Å². The predicted molar refractivity (Wildman–Crippen MR) is 93.3 cm³/mol. The summed E-state index contributed by atoms with van der Waals surface area (Å²) in [6, 6.07) is 0. The topological polar surface area (TPSA) is 12.0 Å². The van der Waals surface area contributed by atoms with Gasteiger partial charge in [-0.3, -0.25) is 0 Å². The van der Waals surface area contributed by atoms with E-state index in [2.05, 4.69) is 33.0 Å². The number of hydrogen-bond donors (Lipinski definition) is 1. The summed E-state index contributed by atoms with van der Waals surface area (Å²) in [6.45, 7) is 11.6. The highest BCUT2D eigenvalue weighted by atomic mass is 14.9. The fourth-order valence-electron chi connectivity index (χ4n) is 2.90. The Bertz CT molecular complexity index is 177. The van der Waals surface area contributed by atoms with Gasteiger partial charge >= 0.3 is 0 Å². The number of hydrogen-bond acceptors (Lipinski definition) is 1. The van der Waals surface area contributed by atoms with Gasteiger partial charge in [-0.05, 0) is 37.8 Å². The summed E-state index contributed by atoms with van der Waals surface area (Å²) >= 11 is 0. The van der Waals surface area contributed by atoms with Crippen LogP contribution in [0.3, 0.4) is 0 Å². The van der Waals surface area contributed by atoms with Crippen molar-refractivity contribution in [1.29, 1.82) is 0 Å². The van der Waals surface area contributed by atoms with Gasteiger partial charge in [0.15, 0.2) is 0 Å². The third-order valence-electron chi connectivity index (χ3n) is 4.15. The third-order valence-corrected chi connectivity index (χ3v) is 4.15. The van der Waals surface area contributed by atoms with Crippen LogP contribution in [0.5, 0.6) is 0 Å². The highest BCUT2D eigenvalue weighted by Gasteiger charge is 2.07. The lowest BCUT2D eigenvalue weighted by Gasteiger charge is -2.17. The molecule has 1 N–H and O–H groups in total. The van der Waals surface area contributed by atoms with Crippen molar-refractivity contribution in [2.45, 2.75) is 98.3 Å². The molecule has 20 heavy (non-hydrogen) atoms. The zero-order valence-corrected chi connectivity index (χ0v) is 14.8. The summed E-state index contributed by atoms with van der Waals surface area (Å²) in [5, 5.41) is 3.64. The van der Waals surface area contributed by atoms with Crippen molar-refractivity contribution in [2.75, 3.05) is 13.1 Å². The van der Waals surface area contributed by atoms with Crippen LogP contribution in [0.1, 0.15) is 98.3 Å². The van der Waals surface area contributed by atoms with Gasteiger partial charge in [0, 0.05) is 0 Å². The minimum absolute atomic E-state index is 0.778. The summed E-state index contributed by atoms with van der Waals surface area (Å²) in [5.41, 5.74) is 0. The van der Waals surface area contributed by atoms with Gasteiger partial charge in [-0.15, -0.1) is 0 Å². The van der Waals surface area contributed by atoms with E-state index in [0.717, 1.165) is 11.8 Å². The average Bonchev–Trinajstić information content (AvgIpc) is 2.41. The molecule has 1 nitrogen and oxygen atoms in total. The molecule has 0 aliphatic carbocycles. The molecule has 0 rings (SSSR count). The van der Waals surface area contributed by atoms with Crippen LogP contribution in [0.4, 0.5) is 0 Å². The molecule has 0 saturated carbocycles. The zero-order valence-electron chi connectivity index (χ0n) is 14.8. The van der Waals surface area contributed by atoms with Crippen molar-refractivity contribution >= 4 is 0 Å². The summed E-state index contributed by atoms with van der Waals surface area (Å²) < 4.78 is 0. The Morgan fingerprint density at radius 3 is 1.80 bits per heavy atom. The van der Waals surface area contributed by atoms with Gasteiger partial charge in [-0.2, -0.15) is 0 Å². The first kappa shape index (κ1) is 20.0. The third kappa shape index (κ3) is 14.4. The van der Waals surface area contributed by atoms with E-state index in [4.69, 9.17) is 0 Å². The van der Waals surface area contributed by atoms with Crippen LogP contribution in [0, 0.1) is 11.8 Å². The van der Waals surface area contributed by atoms with E-state index in [0.29, 0.717) is 0 Å². The summed E-state index contributed by atoms with van der Waals surface area (Å²) in [4.78, 5) is 0. The number of unbranched alkanes of at least 4 members (excludes halogenated alkanes) is 7. The molecule has 0 fully saturated rings. The van der Waals surface area contributed by atoms with E-state index in [9.17, 15) is 0 Å². The largest absolute Gasteiger partial charge is 0.316 e. The molecule has 0 aliphatic heterocycles. The standard InChI is InChI=1S/C19H41N/c1-5-7-8-9-10-11-12-13-15-19(14-6-2)17-20-16-18(3)4/h18-20H,5-17H2,1-4H3. The van der Waals surface area contributed by atoms with Crippen molar-refractivity contribution in [3.63, 3.8) is 0 Å². The summed E-state index contributed by atoms with van der Waals surface area (Å²) in [6.07, 6.45) is 15.7. The molecular formula is C19H41N. The van der Waals surface area contributed by atoms with Crippen LogP contribution in [0.25, 0.3) is 0 Å². The monoisotopic (exact) mass is 283 g/mol. The molecule has 1 unspecified atom stereocenters. The first-order valence-corrected chi connectivity index (χ1v) is 9.41. The minimum Gasteiger partial charge on any atom is -0.316 e. The van der Waals surface area contributed by atoms with E-state index < -0.39 is 0 Å². The Morgan fingerprint density at radius 1 is 0.650 bits per heavy atom. The zero-order chi connectivity index (χ0) is 15.1. The maximum Gasteiger partial charge on any atom is -0.00204 e. The average molecular weight is 284 g/mol. The van der Waals surface area contributed by atoms with Crippen LogP contribution in [-0.2, 0) is 0 Å². The molecule has 0 aromatic heterocycles. The Labute approximate surface area is 129 Å². The molecule has 0 spiro atoms. The van der Waals surface area contributed by atoms with E-state index in [1.165, 1.54) is 83.7 Å². The number of rotatable bonds is 15. The van der Waals surface area contributed by atoms with Crippen LogP contribution < -0.4 is 5.32 Å². The van der Waals surface area contributed by atoms with Gasteiger partial charge in [0.05, 0.1) is 0 Å². The first-order valence-electron chi connectivity index (χ1n) is 9.41. The van der Waals surface area contributed by atoms with Gasteiger partial charge in [0.2, 0.25) is 0 Å². The quantitative estimate of drug-likeness (QED) is 0.354. The highest BCUT2D eigenvalue weighted by Crippen LogP contribution is 2.16. The smallest absolute Gasteiger partial charge is 0.00204 e. The Kier molecular flexibility index (Phi) is 15.3. The van der Waals surface area contributed by atoms with Gasteiger partial charge in [-0.25, -0.2) is 0 Å². The fraction of sp³-hybridized carbons (Fsp3) is 1.00. The maximum atomic E-state index is 3.64. The molecule has 0 amide bonds. The van der Waals surface area contributed by atoms with Crippen molar-refractivity contribution in [3.05, 3.63) is 0 Å². The fourth-order valence-corrected chi connectivity index (χ4v) is 2.90. The molecule has 1 atom stereocenters. The molecule has 0 bridgehead atoms. The second-order valence-corrected chi connectivity index (χ2v) is 6.97. The molecule has 1 heteroatoms. The molecule has 0 saturated heterocycles. The maximum absolute atomic E-state index is 3.64. The van der Waals surface area contributed by atoms with Crippen LogP contribution in [-0.4, -0.2) is 13.1 Å². The number of nitrogens with one attached hydrogen (secondary N) is 1. The predicted octanol–water partition coefficient (Wildman–Crippen LogP) is 6.18. The first-order chi connectivity index (χ1) is 9.70. The Balaban J connectivity index is 3.45. The summed E-state index contributed by atoms with van der Waals surface area (Å²) in [7, 11) is 0. The normalized spacial score (nSPS) is 13.1.